The summed E-state index contributed by atoms with van der Waals surface area (Å²) in [6.45, 7) is 9.56. The van der Waals surface area contributed by atoms with Crippen LogP contribution in [-0.4, -0.2) is 67.7 Å². The molecular formula is C13H27N3O2. The molecule has 106 valence electrons. The summed E-state index contributed by atoms with van der Waals surface area (Å²) in [5.41, 5.74) is 5.48. The Hall–Kier alpha value is -0.650. The van der Waals surface area contributed by atoms with Gasteiger partial charge in [-0.25, -0.2) is 0 Å². The Morgan fingerprint density at radius 2 is 1.89 bits per heavy atom. The minimum absolute atomic E-state index is 0.116. The first-order valence-electron chi connectivity index (χ1n) is 6.95. The minimum Gasteiger partial charge on any atom is -0.369 e. The summed E-state index contributed by atoms with van der Waals surface area (Å²) < 4.78 is 5.34. The van der Waals surface area contributed by atoms with Crippen LogP contribution in [0.1, 0.15) is 26.7 Å². The molecule has 0 aromatic rings. The molecular weight excluding hydrogens is 230 g/mol. The third-order valence-electron chi connectivity index (χ3n) is 3.19. The van der Waals surface area contributed by atoms with Gasteiger partial charge >= 0.3 is 0 Å². The molecule has 0 saturated carbocycles. The number of ether oxygens (including phenoxy) is 1. The van der Waals surface area contributed by atoms with E-state index in [1.165, 1.54) is 0 Å². The van der Waals surface area contributed by atoms with Crippen molar-refractivity contribution in [3.8, 4) is 0 Å². The Morgan fingerprint density at radius 1 is 1.22 bits per heavy atom. The third kappa shape index (κ3) is 5.80. The molecule has 1 fully saturated rings. The van der Waals surface area contributed by atoms with Crippen LogP contribution >= 0.6 is 0 Å². The lowest BCUT2D eigenvalue weighted by Gasteiger charge is -2.34. The Kier molecular flexibility index (Phi) is 7.23. The highest BCUT2D eigenvalue weighted by Gasteiger charge is 2.20. The second kappa shape index (κ2) is 8.45. The van der Waals surface area contributed by atoms with Crippen LogP contribution in [0.15, 0.2) is 0 Å². The first-order valence-corrected chi connectivity index (χ1v) is 6.95. The summed E-state index contributed by atoms with van der Waals surface area (Å²) >= 11 is 0. The molecule has 1 amide bonds. The maximum absolute atomic E-state index is 11.8. The number of piperazine rings is 1. The largest absolute Gasteiger partial charge is 0.369 e. The standard InChI is InChI=1S/C13H27N3O2/c1-12(2)18-11-13(17)16-9-7-15(8-10-16)6-4-3-5-14/h12H,3-11,14H2,1-2H3. The molecule has 1 rings (SSSR count). The zero-order chi connectivity index (χ0) is 13.4. The summed E-state index contributed by atoms with van der Waals surface area (Å²) in [7, 11) is 0. The van der Waals surface area contributed by atoms with Gasteiger partial charge in [-0.1, -0.05) is 0 Å². The molecule has 0 atom stereocenters. The van der Waals surface area contributed by atoms with Gasteiger partial charge in [0.1, 0.15) is 6.61 Å². The number of nitrogens with zero attached hydrogens (tertiary/aromatic N) is 2. The van der Waals surface area contributed by atoms with Crippen molar-refractivity contribution in [1.29, 1.82) is 0 Å². The first-order chi connectivity index (χ1) is 8.63. The average Bonchev–Trinajstić information content (AvgIpc) is 2.37. The molecule has 1 aliphatic rings. The monoisotopic (exact) mass is 257 g/mol. The normalized spacial score (nSPS) is 17.4. The van der Waals surface area contributed by atoms with Crippen molar-refractivity contribution >= 4 is 5.91 Å². The number of hydrogen-bond acceptors (Lipinski definition) is 4. The van der Waals surface area contributed by atoms with Gasteiger partial charge < -0.3 is 15.4 Å². The quantitative estimate of drug-likeness (QED) is 0.666. The molecule has 0 spiro atoms. The highest BCUT2D eigenvalue weighted by atomic mass is 16.5. The topological polar surface area (TPSA) is 58.8 Å². The highest BCUT2D eigenvalue weighted by Crippen LogP contribution is 2.04. The lowest BCUT2D eigenvalue weighted by Crippen LogP contribution is -2.49. The van der Waals surface area contributed by atoms with E-state index in [4.69, 9.17) is 10.5 Å². The van der Waals surface area contributed by atoms with Gasteiger partial charge in [0, 0.05) is 26.2 Å². The lowest BCUT2D eigenvalue weighted by molar-refractivity contribution is -0.139. The molecule has 0 aromatic heterocycles. The van der Waals surface area contributed by atoms with Gasteiger partial charge in [0.15, 0.2) is 0 Å². The maximum Gasteiger partial charge on any atom is 0.248 e. The van der Waals surface area contributed by atoms with Crippen molar-refractivity contribution < 1.29 is 9.53 Å². The number of rotatable bonds is 7. The van der Waals surface area contributed by atoms with Crippen LogP contribution in [0, 0.1) is 0 Å². The van der Waals surface area contributed by atoms with Crippen LogP contribution in [0.3, 0.4) is 0 Å². The van der Waals surface area contributed by atoms with Gasteiger partial charge in [0.05, 0.1) is 6.10 Å². The summed E-state index contributed by atoms with van der Waals surface area (Å²) in [4.78, 5) is 16.1. The molecule has 18 heavy (non-hydrogen) atoms. The van der Waals surface area contributed by atoms with E-state index in [9.17, 15) is 4.79 Å². The second-order valence-corrected chi connectivity index (χ2v) is 5.08. The molecule has 0 bridgehead atoms. The fourth-order valence-electron chi connectivity index (χ4n) is 2.03. The average molecular weight is 257 g/mol. The molecule has 0 aliphatic carbocycles. The van der Waals surface area contributed by atoms with Gasteiger partial charge in [-0.2, -0.15) is 0 Å². The predicted octanol–water partition coefficient (Wildman–Crippen LogP) is 0.295. The van der Waals surface area contributed by atoms with Crippen LogP contribution < -0.4 is 5.73 Å². The van der Waals surface area contributed by atoms with Crippen molar-refractivity contribution in [3.05, 3.63) is 0 Å². The van der Waals surface area contributed by atoms with E-state index >= 15 is 0 Å². The predicted molar refractivity (Wildman–Crippen MR) is 72.4 cm³/mol. The van der Waals surface area contributed by atoms with Crippen LogP contribution in [0.5, 0.6) is 0 Å². The molecule has 1 heterocycles. The molecule has 5 heteroatoms. The zero-order valence-electron chi connectivity index (χ0n) is 11.7. The molecule has 0 radical (unpaired) electrons. The Morgan fingerprint density at radius 3 is 2.44 bits per heavy atom. The molecule has 1 aliphatic heterocycles. The lowest BCUT2D eigenvalue weighted by atomic mass is 10.2. The van der Waals surface area contributed by atoms with Gasteiger partial charge in [-0.15, -0.1) is 0 Å². The van der Waals surface area contributed by atoms with E-state index in [0.717, 1.165) is 52.1 Å². The van der Waals surface area contributed by atoms with E-state index in [1.807, 2.05) is 18.7 Å². The summed E-state index contributed by atoms with van der Waals surface area (Å²) in [5.74, 6) is 0.116. The van der Waals surface area contributed by atoms with Crippen molar-refractivity contribution in [2.24, 2.45) is 5.73 Å². The number of amides is 1. The number of hydrogen-bond donors (Lipinski definition) is 1. The van der Waals surface area contributed by atoms with Crippen LogP contribution in [0.25, 0.3) is 0 Å². The number of nitrogens with two attached hydrogens (primary N) is 1. The minimum atomic E-state index is 0.116. The SMILES string of the molecule is CC(C)OCC(=O)N1CCN(CCCCN)CC1. The Balaban J connectivity index is 2.16. The summed E-state index contributed by atoms with van der Waals surface area (Å²) in [5, 5.41) is 0. The van der Waals surface area contributed by atoms with Gasteiger partial charge in [0.25, 0.3) is 0 Å². The van der Waals surface area contributed by atoms with E-state index < -0.39 is 0 Å². The molecule has 2 N–H and O–H groups in total. The van der Waals surface area contributed by atoms with E-state index in [-0.39, 0.29) is 18.6 Å². The van der Waals surface area contributed by atoms with Crippen molar-refractivity contribution in [1.82, 2.24) is 9.80 Å². The van der Waals surface area contributed by atoms with Gasteiger partial charge in [0.2, 0.25) is 5.91 Å². The van der Waals surface area contributed by atoms with Crippen LogP contribution in [0.4, 0.5) is 0 Å². The van der Waals surface area contributed by atoms with Crippen molar-refractivity contribution in [3.63, 3.8) is 0 Å². The van der Waals surface area contributed by atoms with Crippen molar-refractivity contribution in [2.45, 2.75) is 32.8 Å². The molecule has 0 unspecified atom stereocenters. The van der Waals surface area contributed by atoms with E-state index in [1.54, 1.807) is 0 Å². The number of carbonyl (C=O) groups excluding carboxylic acids is 1. The number of carbonyl (C=O) groups is 1. The van der Waals surface area contributed by atoms with Gasteiger partial charge in [-0.3, -0.25) is 9.69 Å². The highest BCUT2D eigenvalue weighted by molar-refractivity contribution is 5.77. The third-order valence-corrected chi connectivity index (χ3v) is 3.19. The Labute approximate surface area is 110 Å². The second-order valence-electron chi connectivity index (χ2n) is 5.08. The van der Waals surface area contributed by atoms with Crippen molar-refractivity contribution in [2.75, 3.05) is 45.9 Å². The first kappa shape index (κ1) is 15.4. The zero-order valence-corrected chi connectivity index (χ0v) is 11.7. The molecule has 0 aromatic carbocycles. The van der Waals surface area contributed by atoms with Crippen LogP contribution in [-0.2, 0) is 9.53 Å². The van der Waals surface area contributed by atoms with E-state index in [2.05, 4.69) is 4.90 Å². The van der Waals surface area contributed by atoms with Crippen LogP contribution in [0.2, 0.25) is 0 Å². The van der Waals surface area contributed by atoms with Gasteiger partial charge in [-0.05, 0) is 39.8 Å². The fourth-order valence-corrected chi connectivity index (χ4v) is 2.03. The fraction of sp³-hybridized carbons (Fsp3) is 0.923. The number of unbranched alkanes of at least 4 members (excludes halogenated alkanes) is 1. The smallest absolute Gasteiger partial charge is 0.248 e. The maximum atomic E-state index is 11.8. The molecule has 5 nitrogen and oxygen atoms in total. The van der Waals surface area contributed by atoms with E-state index in [0.29, 0.717) is 0 Å². The summed E-state index contributed by atoms with van der Waals surface area (Å²) in [6, 6.07) is 0. The Bertz CT molecular complexity index is 238. The molecule has 1 saturated heterocycles. The summed E-state index contributed by atoms with van der Waals surface area (Å²) in [6.07, 6.45) is 2.36.